The van der Waals surface area contributed by atoms with Crippen molar-refractivity contribution in [2.45, 2.75) is 391 Å². The Kier molecular flexibility index (Phi) is 41.4. The van der Waals surface area contributed by atoms with Crippen LogP contribution < -0.4 is 0 Å². The van der Waals surface area contributed by atoms with Crippen molar-refractivity contribution in [1.29, 1.82) is 0 Å². The highest BCUT2D eigenvalue weighted by Crippen LogP contribution is 2.44. The first kappa shape index (κ1) is 73.0. The molecule has 0 aromatic rings. The molecule has 0 saturated carbocycles. The van der Waals surface area contributed by atoms with Gasteiger partial charge >= 0.3 is 5.95 Å². The SMILES string of the molecule is CCCCC(CCCC)(CCCC)CCCOC(C)(C)CC(C)OC=C(OC(C)CC(C)(C)OCCCC(CCCC)(CCCC)CCCC)OC(C)CC(C)(C)OCCCC(CCCC)(CCCC)CCCC. The lowest BCUT2D eigenvalue weighted by atomic mass is 9.71. The third-order valence-corrected chi connectivity index (χ3v) is 16.9. The zero-order valence-corrected chi connectivity index (χ0v) is 53.8. The van der Waals surface area contributed by atoms with Gasteiger partial charge in [-0.2, -0.15) is 0 Å². The Morgan fingerprint density at radius 3 is 0.730 bits per heavy atom. The first-order valence-electron chi connectivity index (χ1n) is 32.7. The lowest BCUT2D eigenvalue weighted by molar-refractivity contribution is -0.103. The van der Waals surface area contributed by atoms with Gasteiger partial charge < -0.3 is 28.4 Å². The number of unbranched alkanes of at least 4 members (excludes halogenated alkanes) is 9. The summed E-state index contributed by atoms with van der Waals surface area (Å²) in [5.74, 6) is 0.435. The van der Waals surface area contributed by atoms with Crippen LogP contribution in [-0.4, -0.2) is 54.9 Å². The molecule has 0 amide bonds. The molecule has 74 heavy (non-hydrogen) atoms. The van der Waals surface area contributed by atoms with Crippen molar-refractivity contribution < 1.29 is 28.4 Å². The summed E-state index contributed by atoms with van der Waals surface area (Å²) in [6.45, 7) is 43.2. The number of ether oxygens (including phenoxy) is 6. The van der Waals surface area contributed by atoms with Gasteiger partial charge in [-0.3, -0.25) is 0 Å². The third-order valence-electron chi connectivity index (χ3n) is 16.9. The lowest BCUT2D eigenvalue weighted by Gasteiger charge is -2.36. The summed E-state index contributed by atoms with van der Waals surface area (Å²) >= 11 is 0. The van der Waals surface area contributed by atoms with Gasteiger partial charge in [-0.15, -0.1) is 0 Å². The summed E-state index contributed by atoms with van der Waals surface area (Å²) in [4.78, 5) is 0. The van der Waals surface area contributed by atoms with Crippen LogP contribution in [0.15, 0.2) is 12.2 Å². The topological polar surface area (TPSA) is 55.4 Å². The second-order valence-corrected chi connectivity index (χ2v) is 26.4. The Balaban J connectivity index is 6.12. The average molecular weight is 1050 g/mol. The van der Waals surface area contributed by atoms with Crippen molar-refractivity contribution >= 4 is 0 Å². The van der Waals surface area contributed by atoms with Crippen LogP contribution in [0, 0.1) is 16.2 Å². The van der Waals surface area contributed by atoms with E-state index in [0.717, 1.165) is 58.3 Å². The van der Waals surface area contributed by atoms with Crippen LogP contribution in [0.1, 0.15) is 356 Å². The van der Waals surface area contributed by atoms with Crippen LogP contribution in [-0.2, 0) is 28.4 Å². The number of hydrogen-bond acceptors (Lipinski definition) is 6. The molecule has 0 aliphatic heterocycles. The minimum absolute atomic E-state index is 0.0895. The highest BCUT2D eigenvalue weighted by atomic mass is 16.7. The average Bonchev–Trinajstić information content (AvgIpc) is 3.35. The van der Waals surface area contributed by atoms with E-state index in [1.807, 2.05) is 0 Å². The van der Waals surface area contributed by atoms with Crippen LogP contribution in [0.5, 0.6) is 0 Å². The molecule has 0 aliphatic rings. The molecule has 6 nitrogen and oxygen atoms in total. The van der Waals surface area contributed by atoms with Gasteiger partial charge in [0.05, 0.1) is 22.9 Å². The van der Waals surface area contributed by atoms with Crippen molar-refractivity contribution in [3.63, 3.8) is 0 Å². The van der Waals surface area contributed by atoms with Crippen molar-refractivity contribution in [3.05, 3.63) is 12.2 Å². The van der Waals surface area contributed by atoms with E-state index in [0.29, 0.717) is 22.2 Å². The van der Waals surface area contributed by atoms with Gasteiger partial charge in [0.15, 0.2) is 6.26 Å². The molecule has 3 unspecified atom stereocenters. The van der Waals surface area contributed by atoms with E-state index in [2.05, 4.69) is 125 Å². The molecule has 6 heteroatoms. The molecule has 0 saturated heterocycles. The fraction of sp³-hybridized carbons (Fsp3) is 0.971. The zero-order valence-electron chi connectivity index (χ0n) is 53.8. The predicted molar refractivity (Wildman–Crippen MR) is 324 cm³/mol. The molecule has 0 N–H and O–H groups in total. The molecule has 0 rings (SSSR count). The second-order valence-electron chi connectivity index (χ2n) is 26.4. The van der Waals surface area contributed by atoms with Gasteiger partial charge in [0.25, 0.3) is 0 Å². The van der Waals surface area contributed by atoms with Gasteiger partial charge in [0.1, 0.15) is 12.2 Å². The van der Waals surface area contributed by atoms with E-state index in [1.165, 1.54) is 193 Å². The zero-order chi connectivity index (χ0) is 55.8. The molecule has 0 aliphatic carbocycles. The highest BCUT2D eigenvalue weighted by Gasteiger charge is 2.33. The van der Waals surface area contributed by atoms with Crippen molar-refractivity contribution in [2.24, 2.45) is 16.2 Å². The fourth-order valence-electron chi connectivity index (χ4n) is 12.6. The van der Waals surface area contributed by atoms with Gasteiger partial charge in [0, 0.05) is 39.1 Å². The van der Waals surface area contributed by atoms with Crippen molar-refractivity contribution in [1.82, 2.24) is 0 Å². The van der Waals surface area contributed by atoms with E-state index in [-0.39, 0.29) is 35.1 Å². The van der Waals surface area contributed by atoms with Crippen LogP contribution in [0.3, 0.4) is 0 Å². The summed E-state index contributed by atoms with van der Waals surface area (Å²) < 4.78 is 40.1. The van der Waals surface area contributed by atoms with Crippen molar-refractivity contribution in [2.75, 3.05) is 19.8 Å². The van der Waals surface area contributed by atoms with Crippen LogP contribution >= 0.6 is 0 Å². The fourth-order valence-corrected chi connectivity index (χ4v) is 12.6. The molecule has 444 valence electrons. The maximum absolute atomic E-state index is 6.73. The molecule has 0 heterocycles. The summed E-state index contributed by atoms with van der Waals surface area (Å²) in [5, 5.41) is 0. The third kappa shape index (κ3) is 35.5. The molecular weight excluding hydrogens is 913 g/mol. The largest absolute Gasteiger partial charge is 0.491 e. The molecule has 0 aromatic carbocycles. The number of hydrogen-bond donors (Lipinski definition) is 0. The van der Waals surface area contributed by atoms with Crippen LogP contribution in [0.2, 0.25) is 0 Å². The monoisotopic (exact) mass is 1050 g/mol. The van der Waals surface area contributed by atoms with Gasteiger partial charge in [-0.05, 0) is 175 Å². The molecular formula is C68H136O6. The standard InChI is InChI=1S/C68H136O6/c1-19-28-40-66(41-29-20-2,42-30-21-3)49-37-52-70-63(13,14)55-59(10)69-58-62(73-60(11)56-64(15,16)71-53-38-50-67(43-31-22-4,44-32-23-5)45-33-24-6)74-61(12)57-65(17,18)72-54-39-51-68(46-34-25-7,47-35-26-8)48-36-27-9/h58-61H,19-57H2,1-18H3. The lowest BCUT2D eigenvalue weighted by Crippen LogP contribution is -2.33. The normalized spacial score (nSPS) is 14.3. The highest BCUT2D eigenvalue weighted by molar-refractivity contribution is 4.87. The second kappa shape index (κ2) is 42.0. The number of rotatable bonds is 54. The van der Waals surface area contributed by atoms with E-state index in [9.17, 15) is 0 Å². The molecule has 0 fully saturated rings. The molecule has 3 atom stereocenters. The first-order valence-corrected chi connectivity index (χ1v) is 32.7. The summed E-state index contributed by atoms with van der Waals surface area (Å²) in [5.41, 5.74) is 0.384. The van der Waals surface area contributed by atoms with Gasteiger partial charge in [-0.1, -0.05) is 178 Å². The maximum atomic E-state index is 6.73. The Morgan fingerprint density at radius 1 is 0.311 bits per heavy atom. The first-order chi connectivity index (χ1) is 35.1. The summed E-state index contributed by atoms with van der Waals surface area (Å²) in [6.07, 6.45) is 46.5. The molecule has 0 radical (unpaired) electrons. The quantitative estimate of drug-likeness (QED) is 0.0447. The Bertz CT molecular complexity index is 1170. The Morgan fingerprint density at radius 2 is 0.514 bits per heavy atom. The smallest absolute Gasteiger partial charge is 0.316 e. The molecule has 0 spiro atoms. The minimum Gasteiger partial charge on any atom is -0.491 e. The molecule has 0 bridgehead atoms. The Labute approximate surface area is 465 Å². The van der Waals surface area contributed by atoms with E-state index < -0.39 is 0 Å². The van der Waals surface area contributed by atoms with Gasteiger partial charge in [0.2, 0.25) is 0 Å². The van der Waals surface area contributed by atoms with Crippen molar-refractivity contribution in [3.8, 4) is 0 Å². The predicted octanol–water partition coefficient (Wildman–Crippen LogP) is 22.6. The minimum atomic E-state index is -0.344. The molecule has 0 aromatic heterocycles. The van der Waals surface area contributed by atoms with Crippen LogP contribution in [0.4, 0.5) is 0 Å². The van der Waals surface area contributed by atoms with E-state index >= 15 is 0 Å². The maximum Gasteiger partial charge on any atom is 0.316 e. The van der Waals surface area contributed by atoms with E-state index in [1.54, 1.807) is 6.26 Å². The van der Waals surface area contributed by atoms with Gasteiger partial charge in [-0.25, -0.2) is 0 Å². The van der Waals surface area contributed by atoms with Crippen LogP contribution in [0.25, 0.3) is 0 Å². The summed E-state index contributed by atoms with van der Waals surface area (Å²) in [7, 11) is 0. The Hall–Kier alpha value is -0.980. The van der Waals surface area contributed by atoms with E-state index in [4.69, 9.17) is 28.4 Å². The summed E-state index contributed by atoms with van der Waals surface area (Å²) in [6, 6.07) is 0.